The summed E-state index contributed by atoms with van der Waals surface area (Å²) in [6, 6.07) is 5.84. The van der Waals surface area contributed by atoms with Gasteiger partial charge in [-0.1, -0.05) is 19.9 Å². The number of carbonyl (C=O) groups excluding carboxylic acids is 2. The molecule has 24 heavy (non-hydrogen) atoms. The van der Waals surface area contributed by atoms with Crippen LogP contribution in [0.5, 0.6) is 0 Å². The largest absolute Gasteiger partial charge is 0.460 e. The maximum Gasteiger partial charge on any atom is 0.309 e. The average molecular weight is 333 g/mol. The molecule has 0 N–H and O–H groups in total. The Bertz CT molecular complexity index is 552. The maximum atomic E-state index is 12.1. The molecule has 0 unspecified atom stereocenters. The highest BCUT2D eigenvalue weighted by Gasteiger charge is 2.29. The lowest BCUT2D eigenvalue weighted by Crippen LogP contribution is -2.39. The van der Waals surface area contributed by atoms with E-state index in [1.165, 1.54) is 0 Å². The Balaban J connectivity index is 0.00000139. The van der Waals surface area contributed by atoms with E-state index in [2.05, 4.69) is 4.90 Å². The number of anilines is 1. The number of ether oxygens (including phenoxy) is 1. The summed E-state index contributed by atoms with van der Waals surface area (Å²) in [7, 11) is 0. The van der Waals surface area contributed by atoms with E-state index in [-0.39, 0.29) is 11.9 Å². The van der Waals surface area contributed by atoms with Gasteiger partial charge in [0.05, 0.1) is 5.92 Å². The summed E-state index contributed by atoms with van der Waals surface area (Å²) in [5.41, 5.74) is 2.38. The van der Waals surface area contributed by atoms with Crippen molar-refractivity contribution in [3.05, 3.63) is 29.3 Å². The van der Waals surface area contributed by atoms with Crippen LogP contribution in [0, 0.1) is 12.8 Å². The number of nitrogens with zero attached hydrogens (tertiary/aromatic N) is 1. The molecule has 1 saturated heterocycles. The van der Waals surface area contributed by atoms with Crippen LogP contribution >= 0.6 is 0 Å². The third-order valence-corrected chi connectivity index (χ3v) is 3.89. The molecule has 0 saturated carbocycles. The van der Waals surface area contributed by atoms with Gasteiger partial charge < -0.3 is 9.64 Å². The molecule has 0 atom stereocenters. The van der Waals surface area contributed by atoms with Gasteiger partial charge in [-0.15, -0.1) is 0 Å². The molecule has 0 spiro atoms. The van der Waals surface area contributed by atoms with E-state index in [1.54, 1.807) is 0 Å². The third-order valence-electron chi connectivity index (χ3n) is 3.89. The molecular formula is C20H31NO3. The van der Waals surface area contributed by atoms with Gasteiger partial charge in [-0.2, -0.15) is 0 Å². The zero-order chi connectivity index (χ0) is 18.3. The molecule has 1 aromatic rings. The first-order chi connectivity index (χ1) is 11.3. The Hall–Kier alpha value is -1.84. The molecule has 1 fully saturated rings. The number of esters is 1. The highest BCUT2D eigenvalue weighted by Crippen LogP contribution is 2.28. The zero-order valence-electron chi connectivity index (χ0n) is 15.9. The first-order valence-electron chi connectivity index (χ1n) is 8.84. The minimum atomic E-state index is -0.435. The van der Waals surface area contributed by atoms with E-state index in [0.29, 0.717) is 5.56 Å². The lowest BCUT2D eigenvalue weighted by molar-refractivity contribution is -0.160. The van der Waals surface area contributed by atoms with E-state index < -0.39 is 5.60 Å². The SMILES string of the molecule is CC.Cc1ccc(C=O)c(N2CCC(C(=O)OC(C)(C)C)CC2)c1. The minimum absolute atomic E-state index is 0.0417. The molecule has 0 aromatic heterocycles. The molecule has 0 bridgehead atoms. The van der Waals surface area contributed by atoms with Crippen LogP contribution in [0.4, 0.5) is 5.69 Å². The van der Waals surface area contributed by atoms with E-state index in [4.69, 9.17) is 4.74 Å². The summed E-state index contributed by atoms with van der Waals surface area (Å²) in [5, 5.41) is 0. The molecule has 0 aliphatic carbocycles. The molecule has 2 rings (SSSR count). The van der Waals surface area contributed by atoms with Crippen molar-refractivity contribution in [1.82, 2.24) is 0 Å². The van der Waals surface area contributed by atoms with Gasteiger partial charge >= 0.3 is 5.97 Å². The number of aryl methyl sites for hydroxylation is 1. The lowest BCUT2D eigenvalue weighted by atomic mass is 9.95. The Morgan fingerprint density at radius 2 is 1.79 bits per heavy atom. The molecule has 4 heteroatoms. The monoisotopic (exact) mass is 333 g/mol. The first-order valence-corrected chi connectivity index (χ1v) is 8.84. The summed E-state index contributed by atoms with van der Waals surface area (Å²) < 4.78 is 5.47. The molecule has 1 aliphatic heterocycles. The third kappa shape index (κ3) is 5.66. The second kappa shape index (κ2) is 8.86. The van der Waals surface area contributed by atoms with Crippen LogP contribution in [-0.2, 0) is 9.53 Å². The smallest absolute Gasteiger partial charge is 0.309 e. The van der Waals surface area contributed by atoms with Crippen LogP contribution in [0.1, 0.15) is 63.4 Å². The number of piperidine rings is 1. The summed E-state index contributed by atoms with van der Waals surface area (Å²) in [4.78, 5) is 25.5. The molecule has 134 valence electrons. The molecule has 4 nitrogen and oxygen atoms in total. The van der Waals surface area contributed by atoms with Gasteiger partial charge in [0, 0.05) is 24.3 Å². The van der Waals surface area contributed by atoms with Gasteiger partial charge in [-0.3, -0.25) is 9.59 Å². The van der Waals surface area contributed by atoms with Crippen LogP contribution in [0.3, 0.4) is 0 Å². The summed E-state index contributed by atoms with van der Waals surface area (Å²) >= 11 is 0. The molecule has 1 aliphatic rings. The summed E-state index contributed by atoms with van der Waals surface area (Å²) in [6.07, 6.45) is 2.43. The molecule has 1 aromatic carbocycles. The van der Waals surface area contributed by atoms with Gasteiger partial charge in [-0.05, 0) is 58.2 Å². The van der Waals surface area contributed by atoms with Crippen LogP contribution in [0.25, 0.3) is 0 Å². The Kier molecular flexibility index (Phi) is 7.46. The van der Waals surface area contributed by atoms with E-state index in [1.807, 2.05) is 59.7 Å². The number of aldehydes is 1. The predicted octanol–water partition coefficient (Wildman–Crippen LogP) is 4.39. The predicted molar refractivity (Wildman–Crippen MR) is 98.7 cm³/mol. The van der Waals surface area contributed by atoms with Crippen LogP contribution in [0.2, 0.25) is 0 Å². The van der Waals surface area contributed by atoms with Crippen LogP contribution in [0.15, 0.2) is 18.2 Å². The summed E-state index contributed by atoms with van der Waals surface area (Å²) in [5.74, 6) is -0.146. The second-order valence-corrected chi connectivity index (χ2v) is 6.97. The van der Waals surface area contributed by atoms with Gasteiger partial charge in [0.25, 0.3) is 0 Å². The molecule has 1 heterocycles. The number of benzene rings is 1. The fraction of sp³-hybridized carbons (Fsp3) is 0.600. The van der Waals surface area contributed by atoms with Crippen molar-refractivity contribution >= 4 is 17.9 Å². The van der Waals surface area contributed by atoms with Crippen molar-refractivity contribution in [1.29, 1.82) is 0 Å². The van der Waals surface area contributed by atoms with Crippen molar-refractivity contribution in [2.24, 2.45) is 5.92 Å². The number of rotatable bonds is 3. The number of carbonyl (C=O) groups is 2. The molecule has 0 radical (unpaired) electrons. The van der Waals surface area contributed by atoms with E-state index in [0.717, 1.165) is 43.5 Å². The van der Waals surface area contributed by atoms with Crippen LogP contribution in [-0.4, -0.2) is 30.9 Å². The summed E-state index contributed by atoms with van der Waals surface area (Å²) in [6.45, 7) is 13.2. The van der Waals surface area contributed by atoms with Crippen molar-refractivity contribution in [3.8, 4) is 0 Å². The fourth-order valence-corrected chi connectivity index (χ4v) is 2.77. The first kappa shape index (κ1) is 20.2. The fourth-order valence-electron chi connectivity index (χ4n) is 2.77. The minimum Gasteiger partial charge on any atom is -0.460 e. The van der Waals surface area contributed by atoms with Crippen LogP contribution < -0.4 is 4.90 Å². The maximum absolute atomic E-state index is 12.1. The number of hydrogen-bond acceptors (Lipinski definition) is 4. The Morgan fingerprint density at radius 3 is 2.29 bits per heavy atom. The van der Waals surface area contributed by atoms with E-state index in [9.17, 15) is 9.59 Å². The zero-order valence-corrected chi connectivity index (χ0v) is 15.9. The van der Waals surface area contributed by atoms with Gasteiger partial charge in [0.15, 0.2) is 6.29 Å². The highest BCUT2D eigenvalue weighted by molar-refractivity contribution is 5.85. The van der Waals surface area contributed by atoms with Gasteiger partial charge in [0.1, 0.15) is 5.60 Å². The quantitative estimate of drug-likeness (QED) is 0.608. The topological polar surface area (TPSA) is 46.6 Å². The second-order valence-electron chi connectivity index (χ2n) is 6.97. The van der Waals surface area contributed by atoms with Crippen molar-refractivity contribution < 1.29 is 14.3 Å². The Morgan fingerprint density at radius 1 is 1.21 bits per heavy atom. The van der Waals surface area contributed by atoms with Crippen molar-refractivity contribution in [3.63, 3.8) is 0 Å². The normalized spacial score (nSPS) is 15.3. The van der Waals surface area contributed by atoms with E-state index >= 15 is 0 Å². The average Bonchev–Trinajstić information content (AvgIpc) is 2.55. The number of hydrogen-bond donors (Lipinski definition) is 0. The molecule has 0 amide bonds. The standard InChI is InChI=1S/C18H25NO3.C2H6/c1-13-5-6-15(12-20)16(11-13)19-9-7-14(8-10-19)17(21)22-18(2,3)4;1-2/h5-6,11-12,14H,7-10H2,1-4H3;1-2H3. The lowest BCUT2D eigenvalue weighted by Gasteiger charge is -2.34. The molecular weight excluding hydrogens is 302 g/mol. The van der Waals surface area contributed by atoms with Crippen molar-refractivity contribution in [2.45, 2.75) is 60.0 Å². The van der Waals surface area contributed by atoms with Crippen molar-refractivity contribution in [2.75, 3.05) is 18.0 Å². The Labute approximate surface area is 146 Å². The highest BCUT2D eigenvalue weighted by atomic mass is 16.6. The van der Waals surface area contributed by atoms with Gasteiger partial charge in [0.2, 0.25) is 0 Å². The van der Waals surface area contributed by atoms with Gasteiger partial charge in [-0.25, -0.2) is 0 Å².